The third-order valence-corrected chi connectivity index (χ3v) is 3.22. The van der Waals surface area contributed by atoms with Gasteiger partial charge in [-0.05, 0) is 31.0 Å². The highest BCUT2D eigenvalue weighted by atomic mass is 19.1. The molecule has 1 fully saturated rings. The van der Waals surface area contributed by atoms with E-state index in [4.69, 9.17) is 10.5 Å². The Balaban J connectivity index is 2.00. The van der Waals surface area contributed by atoms with Gasteiger partial charge in [-0.15, -0.1) is 0 Å². The molecule has 18 heavy (non-hydrogen) atoms. The van der Waals surface area contributed by atoms with Gasteiger partial charge in [-0.3, -0.25) is 4.79 Å². The Hall–Kier alpha value is -1.46. The highest BCUT2D eigenvalue weighted by molar-refractivity contribution is 5.86. The first-order valence-corrected chi connectivity index (χ1v) is 5.94. The van der Waals surface area contributed by atoms with E-state index in [1.165, 1.54) is 12.1 Å². The second-order valence-electron chi connectivity index (χ2n) is 4.71. The third kappa shape index (κ3) is 2.68. The molecule has 1 saturated heterocycles. The van der Waals surface area contributed by atoms with Gasteiger partial charge < -0.3 is 15.8 Å². The van der Waals surface area contributed by atoms with Crippen LogP contribution in [0.2, 0.25) is 0 Å². The Bertz CT molecular complexity index is 427. The van der Waals surface area contributed by atoms with E-state index < -0.39 is 5.54 Å². The molecule has 1 aromatic carbocycles. The first-order valence-electron chi connectivity index (χ1n) is 5.94. The summed E-state index contributed by atoms with van der Waals surface area (Å²) in [4.78, 5) is 12.0. The van der Waals surface area contributed by atoms with Gasteiger partial charge in [-0.2, -0.15) is 0 Å². The van der Waals surface area contributed by atoms with Gasteiger partial charge in [-0.25, -0.2) is 4.39 Å². The lowest BCUT2D eigenvalue weighted by Gasteiger charge is -2.24. The fraction of sp³-hybridized carbons (Fsp3) is 0.462. The summed E-state index contributed by atoms with van der Waals surface area (Å²) in [5, 5.41) is 2.83. The lowest BCUT2D eigenvalue weighted by atomic mass is 9.98. The topological polar surface area (TPSA) is 64.4 Å². The van der Waals surface area contributed by atoms with E-state index in [-0.39, 0.29) is 24.4 Å². The molecule has 1 aliphatic rings. The molecule has 1 aliphatic heterocycles. The van der Waals surface area contributed by atoms with Crippen LogP contribution in [0.5, 0.6) is 0 Å². The number of amides is 1. The Kier molecular flexibility index (Phi) is 3.63. The highest BCUT2D eigenvalue weighted by Gasteiger charge is 2.38. The Morgan fingerprint density at radius 1 is 1.50 bits per heavy atom. The zero-order chi connectivity index (χ0) is 13.2. The molecule has 0 aliphatic carbocycles. The standard InChI is InChI=1S/C13H17FN2O2/c1-9(10-2-4-11(14)5-3-10)16-12(17)13(15)6-7-18-8-13/h2-5,9H,6-8,15H2,1H3,(H,16,17)/t9-,13?/m1/s1. The van der Waals surface area contributed by atoms with E-state index in [1.807, 2.05) is 6.92 Å². The third-order valence-electron chi connectivity index (χ3n) is 3.22. The van der Waals surface area contributed by atoms with Crippen molar-refractivity contribution in [2.75, 3.05) is 13.2 Å². The van der Waals surface area contributed by atoms with Crippen LogP contribution in [0.25, 0.3) is 0 Å². The predicted octanol–water partition coefficient (Wildman–Crippen LogP) is 1.12. The van der Waals surface area contributed by atoms with Crippen LogP contribution in [0, 0.1) is 5.82 Å². The fourth-order valence-electron chi connectivity index (χ4n) is 1.93. The van der Waals surface area contributed by atoms with E-state index in [2.05, 4.69) is 5.32 Å². The van der Waals surface area contributed by atoms with E-state index in [0.717, 1.165) is 5.56 Å². The van der Waals surface area contributed by atoms with Gasteiger partial charge in [0.05, 0.1) is 12.6 Å². The lowest BCUT2D eigenvalue weighted by Crippen LogP contribution is -2.54. The van der Waals surface area contributed by atoms with E-state index in [0.29, 0.717) is 13.0 Å². The first kappa shape index (κ1) is 13.0. The molecular formula is C13H17FN2O2. The second kappa shape index (κ2) is 5.04. The maximum absolute atomic E-state index is 12.8. The minimum atomic E-state index is -0.936. The molecule has 0 aromatic heterocycles. The van der Waals surface area contributed by atoms with Crippen LogP contribution in [0.4, 0.5) is 4.39 Å². The summed E-state index contributed by atoms with van der Waals surface area (Å²) in [7, 11) is 0. The molecule has 1 unspecified atom stereocenters. The number of carbonyl (C=O) groups excluding carboxylic acids is 1. The monoisotopic (exact) mass is 252 g/mol. The van der Waals surface area contributed by atoms with Crippen LogP contribution < -0.4 is 11.1 Å². The van der Waals surface area contributed by atoms with Crippen LogP contribution in [-0.4, -0.2) is 24.7 Å². The van der Waals surface area contributed by atoms with Crippen molar-refractivity contribution in [3.8, 4) is 0 Å². The van der Waals surface area contributed by atoms with Gasteiger partial charge in [0.1, 0.15) is 11.4 Å². The second-order valence-corrected chi connectivity index (χ2v) is 4.71. The number of ether oxygens (including phenoxy) is 1. The summed E-state index contributed by atoms with van der Waals surface area (Å²) >= 11 is 0. The number of nitrogens with two attached hydrogens (primary N) is 1. The summed E-state index contributed by atoms with van der Waals surface area (Å²) in [5.41, 5.74) is 5.86. The zero-order valence-corrected chi connectivity index (χ0v) is 10.3. The summed E-state index contributed by atoms with van der Waals surface area (Å²) < 4.78 is 17.9. The normalized spacial score (nSPS) is 24.8. The molecule has 4 nitrogen and oxygen atoms in total. The van der Waals surface area contributed by atoms with Crippen molar-refractivity contribution in [2.24, 2.45) is 5.73 Å². The number of hydrogen-bond donors (Lipinski definition) is 2. The summed E-state index contributed by atoms with van der Waals surface area (Å²) in [6, 6.07) is 5.83. The number of benzene rings is 1. The molecule has 2 atom stereocenters. The van der Waals surface area contributed by atoms with Crippen LogP contribution >= 0.6 is 0 Å². The Morgan fingerprint density at radius 3 is 2.72 bits per heavy atom. The molecule has 0 spiro atoms. The molecule has 1 amide bonds. The molecule has 1 aromatic rings. The quantitative estimate of drug-likeness (QED) is 0.847. The molecule has 0 saturated carbocycles. The largest absolute Gasteiger partial charge is 0.379 e. The van der Waals surface area contributed by atoms with E-state index in [1.54, 1.807) is 12.1 Å². The minimum absolute atomic E-state index is 0.209. The average molecular weight is 252 g/mol. The average Bonchev–Trinajstić information content (AvgIpc) is 2.78. The van der Waals surface area contributed by atoms with Crippen LogP contribution in [0.15, 0.2) is 24.3 Å². The number of rotatable bonds is 3. The molecule has 5 heteroatoms. The molecule has 3 N–H and O–H groups in total. The smallest absolute Gasteiger partial charge is 0.243 e. The van der Waals surface area contributed by atoms with Crippen molar-refractivity contribution >= 4 is 5.91 Å². The molecule has 1 heterocycles. The number of hydrogen-bond acceptors (Lipinski definition) is 3. The van der Waals surface area contributed by atoms with Gasteiger partial charge in [0.25, 0.3) is 0 Å². The number of carbonyl (C=O) groups is 1. The van der Waals surface area contributed by atoms with Gasteiger partial charge in [0.15, 0.2) is 0 Å². The molecule has 98 valence electrons. The van der Waals surface area contributed by atoms with Crippen molar-refractivity contribution < 1.29 is 13.9 Å². The SMILES string of the molecule is C[C@@H](NC(=O)C1(N)CCOC1)c1ccc(F)cc1. The van der Waals surface area contributed by atoms with Crippen molar-refractivity contribution in [1.82, 2.24) is 5.32 Å². The van der Waals surface area contributed by atoms with Crippen LogP contribution in [0.3, 0.4) is 0 Å². The van der Waals surface area contributed by atoms with Gasteiger partial charge >= 0.3 is 0 Å². The summed E-state index contributed by atoms with van der Waals surface area (Å²) in [6.07, 6.45) is 0.523. The molecule has 2 rings (SSSR count). The van der Waals surface area contributed by atoms with E-state index in [9.17, 15) is 9.18 Å². The molecule has 0 radical (unpaired) electrons. The Labute approximate surface area is 105 Å². The van der Waals surface area contributed by atoms with Crippen LogP contribution in [-0.2, 0) is 9.53 Å². The summed E-state index contributed by atoms with van der Waals surface area (Å²) in [5.74, 6) is -0.520. The van der Waals surface area contributed by atoms with Crippen molar-refractivity contribution in [1.29, 1.82) is 0 Å². The van der Waals surface area contributed by atoms with Crippen molar-refractivity contribution in [3.05, 3.63) is 35.6 Å². The minimum Gasteiger partial charge on any atom is -0.379 e. The van der Waals surface area contributed by atoms with Gasteiger partial charge in [0.2, 0.25) is 5.91 Å². The summed E-state index contributed by atoms with van der Waals surface area (Å²) in [6.45, 7) is 2.59. The maximum atomic E-state index is 12.8. The van der Waals surface area contributed by atoms with Gasteiger partial charge in [0, 0.05) is 6.61 Å². The lowest BCUT2D eigenvalue weighted by molar-refractivity contribution is -0.127. The molecular weight excluding hydrogens is 235 g/mol. The zero-order valence-electron chi connectivity index (χ0n) is 10.3. The number of halogens is 1. The Morgan fingerprint density at radius 2 is 2.17 bits per heavy atom. The number of nitrogens with one attached hydrogen (secondary N) is 1. The predicted molar refractivity (Wildman–Crippen MR) is 65.3 cm³/mol. The van der Waals surface area contributed by atoms with Gasteiger partial charge in [-0.1, -0.05) is 12.1 Å². The fourth-order valence-corrected chi connectivity index (χ4v) is 1.93. The van der Waals surface area contributed by atoms with Crippen LogP contribution in [0.1, 0.15) is 24.9 Å². The highest BCUT2D eigenvalue weighted by Crippen LogP contribution is 2.18. The van der Waals surface area contributed by atoms with Crippen molar-refractivity contribution in [2.45, 2.75) is 24.9 Å². The first-order chi connectivity index (χ1) is 8.51. The molecule has 0 bridgehead atoms. The maximum Gasteiger partial charge on any atom is 0.243 e. The van der Waals surface area contributed by atoms with E-state index >= 15 is 0 Å². The van der Waals surface area contributed by atoms with Crippen molar-refractivity contribution in [3.63, 3.8) is 0 Å².